The third-order valence-corrected chi connectivity index (χ3v) is 2.26. The molecule has 0 bridgehead atoms. The molecule has 0 amide bonds. The van der Waals surface area contributed by atoms with E-state index in [4.69, 9.17) is 46.3 Å². The zero-order chi connectivity index (χ0) is 10.0. The number of guanidine groups is 1. The van der Waals surface area contributed by atoms with Crippen molar-refractivity contribution in [3.05, 3.63) is 27.2 Å². The first-order valence-corrected chi connectivity index (χ1v) is 4.38. The Bertz CT molecular complexity index is 358. The van der Waals surface area contributed by atoms with E-state index in [-0.39, 0.29) is 5.96 Å². The average molecular weight is 239 g/mol. The molecule has 0 unspecified atom stereocenters. The SMILES string of the molecule is NC(N)=Nc1cc(Cl)c(Cl)cc1Cl. The van der Waals surface area contributed by atoms with Crippen LogP contribution >= 0.6 is 34.8 Å². The van der Waals surface area contributed by atoms with Crippen LogP contribution < -0.4 is 11.5 Å². The first kappa shape index (κ1) is 10.4. The van der Waals surface area contributed by atoms with Crippen molar-refractivity contribution in [1.82, 2.24) is 0 Å². The molecule has 0 aliphatic carbocycles. The lowest BCUT2D eigenvalue weighted by atomic mass is 10.3. The predicted octanol–water partition coefficient (Wildman–Crippen LogP) is 2.55. The Morgan fingerprint density at radius 3 is 2.08 bits per heavy atom. The van der Waals surface area contributed by atoms with E-state index < -0.39 is 0 Å². The molecule has 0 atom stereocenters. The molecular weight excluding hydrogens is 232 g/mol. The molecule has 4 N–H and O–H groups in total. The number of aliphatic imine (C=N–C) groups is 1. The minimum absolute atomic E-state index is 0.0831. The number of hydrogen-bond acceptors (Lipinski definition) is 1. The molecule has 6 heteroatoms. The number of hydrogen-bond donors (Lipinski definition) is 2. The normalized spacial score (nSPS) is 9.77. The fourth-order valence-electron chi connectivity index (χ4n) is 0.737. The summed E-state index contributed by atoms with van der Waals surface area (Å²) in [7, 11) is 0. The monoisotopic (exact) mass is 237 g/mol. The molecule has 0 aromatic heterocycles. The average Bonchev–Trinajstić information content (AvgIpc) is 1.99. The van der Waals surface area contributed by atoms with Crippen LogP contribution in [0.4, 0.5) is 5.69 Å². The van der Waals surface area contributed by atoms with Crippen molar-refractivity contribution in [2.45, 2.75) is 0 Å². The summed E-state index contributed by atoms with van der Waals surface area (Å²) in [4.78, 5) is 3.76. The molecule has 1 aromatic carbocycles. The van der Waals surface area contributed by atoms with Gasteiger partial charge in [-0.3, -0.25) is 0 Å². The van der Waals surface area contributed by atoms with Crippen LogP contribution in [-0.4, -0.2) is 5.96 Å². The molecule has 0 radical (unpaired) electrons. The van der Waals surface area contributed by atoms with Crippen molar-refractivity contribution in [3.63, 3.8) is 0 Å². The van der Waals surface area contributed by atoms with Crippen molar-refractivity contribution in [2.24, 2.45) is 16.5 Å². The molecule has 1 rings (SSSR count). The number of halogens is 3. The van der Waals surface area contributed by atoms with Gasteiger partial charge in [-0.1, -0.05) is 34.8 Å². The van der Waals surface area contributed by atoms with Crippen LogP contribution in [0.25, 0.3) is 0 Å². The van der Waals surface area contributed by atoms with Gasteiger partial charge in [-0.05, 0) is 12.1 Å². The van der Waals surface area contributed by atoms with Crippen LogP contribution in [-0.2, 0) is 0 Å². The first-order chi connectivity index (χ1) is 6.00. The molecule has 0 saturated carbocycles. The zero-order valence-electron chi connectivity index (χ0n) is 6.39. The van der Waals surface area contributed by atoms with E-state index in [2.05, 4.69) is 4.99 Å². The molecule has 1 aromatic rings. The van der Waals surface area contributed by atoms with Crippen molar-refractivity contribution < 1.29 is 0 Å². The van der Waals surface area contributed by atoms with E-state index >= 15 is 0 Å². The highest BCUT2D eigenvalue weighted by molar-refractivity contribution is 6.43. The second-order valence-corrected chi connectivity index (χ2v) is 3.48. The lowest BCUT2D eigenvalue weighted by molar-refractivity contribution is 1.42. The topological polar surface area (TPSA) is 64.4 Å². The summed E-state index contributed by atoms with van der Waals surface area (Å²) in [5.41, 5.74) is 10.7. The lowest BCUT2D eigenvalue weighted by Crippen LogP contribution is -2.21. The maximum absolute atomic E-state index is 5.78. The summed E-state index contributed by atoms with van der Waals surface area (Å²) in [6.45, 7) is 0. The first-order valence-electron chi connectivity index (χ1n) is 3.25. The summed E-state index contributed by atoms with van der Waals surface area (Å²) in [5, 5.41) is 1.06. The van der Waals surface area contributed by atoms with Crippen LogP contribution in [0.15, 0.2) is 17.1 Å². The van der Waals surface area contributed by atoms with Gasteiger partial charge in [0.2, 0.25) is 0 Å². The molecule has 3 nitrogen and oxygen atoms in total. The third-order valence-electron chi connectivity index (χ3n) is 1.24. The molecule has 70 valence electrons. The predicted molar refractivity (Wildman–Crippen MR) is 56.9 cm³/mol. The molecule has 0 aliphatic rings. The van der Waals surface area contributed by atoms with E-state index in [9.17, 15) is 0 Å². The van der Waals surface area contributed by atoms with Gasteiger partial charge in [0, 0.05) is 0 Å². The molecule has 13 heavy (non-hydrogen) atoms. The molecule has 0 saturated heterocycles. The molecule has 0 heterocycles. The van der Waals surface area contributed by atoms with Crippen LogP contribution in [0.1, 0.15) is 0 Å². The molecule has 0 aliphatic heterocycles. The highest BCUT2D eigenvalue weighted by Gasteiger charge is 2.04. The maximum atomic E-state index is 5.78. The highest BCUT2D eigenvalue weighted by Crippen LogP contribution is 2.33. The third kappa shape index (κ3) is 2.66. The molecule has 0 spiro atoms. The summed E-state index contributed by atoms with van der Waals surface area (Å²) >= 11 is 17.2. The Kier molecular flexibility index (Phi) is 3.25. The standard InChI is InChI=1S/C7H6Cl3N3/c8-3-1-5(10)6(2-4(3)9)13-7(11)12/h1-2H,(H4,11,12,13). The Hall–Kier alpha value is -0.640. The van der Waals surface area contributed by atoms with Crippen LogP contribution in [0.5, 0.6) is 0 Å². The van der Waals surface area contributed by atoms with Gasteiger partial charge < -0.3 is 11.5 Å². The molecular formula is C7H6Cl3N3. The lowest BCUT2D eigenvalue weighted by Gasteiger charge is -2.01. The van der Waals surface area contributed by atoms with Gasteiger partial charge >= 0.3 is 0 Å². The van der Waals surface area contributed by atoms with Gasteiger partial charge in [0.25, 0.3) is 0 Å². The van der Waals surface area contributed by atoms with Gasteiger partial charge in [-0.25, -0.2) is 4.99 Å². The number of nitrogens with zero attached hydrogens (tertiary/aromatic N) is 1. The smallest absolute Gasteiger partial charge is 0.191 e. The fourth-order valence-corrected chi connectivity index (χ4v) is 1.32. The van der Waals surface area contributed by atoms with Crippen LogP contribution in [0.3, 0.4) is 0 Å². The van der Waals surface area contributed by atoms with Crippen molar-refractivity contribution >= 4 is 46.4 Å². The summed E-state index contributed by atoms with van der Waals surface area (Å²) in [5.74, 6) is -0.0831. The van der Waals surface area contributed by atoms with Crippen LogP contribution in [0, 0.1) is 0 Å². The number of rotatable bonds is 1. The Morgan fingerprint density at radius 1 is 1.00 bits per heavy atom. The van der Waals surface area contributed by atoms with Crippen LogP contribution in [0.2, 0.25) is 15.1 Å². The van der Waals surface area contributed by atoms with Gasteiger partial charge in [0.05, 0.1) is 20.8 Å². The maximum Gasteiger partial charge on any atom is 0.191 e. The largest absolute Gasteiger partial charge is 0.370 e. The Labute approximate surface area is 90.3 Å². The van der Waals surface area contributed by atoms with Gasteiger partial charge in [-0.2, -0.15) is 0 Å². The second kappa shape index (κ2) is 4.05. The molecule has 0 fully saturated rings. The fraction of sp³-hybridized carbons (Fsp3) is 0. The van der Waals surface area contributed by atoms with E-state index in [1.165, 1.54) is 12.1 Å². The minimum atomic E-state index is -0.0831. The minimum Gasteiger partial charge on any atom is -0.370 e. The van der Waals surface area contributed by atoms with Crippen molar-refractivity contribution in [3.8, 4) is 0 Å². The van der Waals surface area contributed by atoms with E-state index in [1.54, 1.807) is 0 Å². The number of nitrogens with two attached hydrogens (primary N) is 2. The second-order valence-electron chi connectivity index (χ2n) is 2.25. The van der Waals surface area contributed by atoms with Gasteiger partial charge in [-0.15, -0.1) is 0 Å². The van der Waals surface area contributed by atoms with Crippen molar-refractivity contribution in [1.29, 1.82) is 0 Å². The highest BCUT2D eigenvalue weighted by atomic mass is 35.5. The van der Waals surface area contributed by atoms with Crippen molar-refractivity contribution in [2.75, 3.05) is 0 Å². The van der Waals surface area contributed by atoms with E-state index in [0.717, 1.165) is 0 Å². The summed E-state index contributed by atoms with van der Waals surface area (Å²) in [6, 6.07) is 2.97. The van der Waals surface area contributed by atoms with E-state index in [1.807, 2.05) is 0 Å². The summed E-state index contributed by atoms with van der Waals surface area (Å²) < 4.78 is 0. The summed E-state index contributed by atoms with van der Waals surface area (Å²) in [6.07, 6.45) is 0. The number of benzene rings is 1. The Morgan fingerprint density at radius 2 is 1.54 bits per heavy atom. The van der Waals surface area contributed by atoms with Gasteiger partial charge in [0.15, 0.2) is 5.96 Å². The van der Waals surface area contributed by atoms with Gasteiger partial charge in [0.1, 0.15) is 0 Å². The Balaban J connectivity index is 3.24. The van der Waals surface area contributed by atoms with E-state index in [0.29, 0.717) is 20.8 Å². The quantitative estimate of drug-likeness (QED) is 0.449. The zero-order valence-corrected chi connectivity index (χ0v) is 8.66.